The molecule has 0 aliphatic heterocycles. The molecule has 190 valence electrons. The van der Waals surface area contributed by atoms with Crippen LogP contribution >= 0.6 is 0 Å². The molecule has 0 bridgehead atoms. The van der Waals surface area contributed by atoms with Crippen LogP contribution in [0.25, 0.3) is 56.4 Å². The predicted molar refractivity (Wildman–Crippen MR) is 162 cm³/mol. The lowest BCUT2D eigenvalue weighted by Crippen LogP contribution is -2.00. The monoisotopic (exact) mass is 514 g/mol. The van der Waals surface area contributed by atoms with Crippen molar-refractivity contribution in [2.75, 3.05) is 0 Å². The van der Waals surface area contributed by atoms with Gasteiger partial charge in [-0.3, -0.25) is 0 Å². The molecule has 0 aliphatic carbocycles. The molecule has 0 saturated carbocycles. The van der Waals surface area contributed by atoms with Gasteiger partial charge in [-0.25, -0.2) is 9.36 Å². The lowest BCUT2D eigenvalue weighted by atomic mass is 10.0. The maximum absolute atomic E-state index is 5.00. The predicted octanol–water partition coefficient (Wildman–Crippen LogP) is 8.73. The van der Waals surface area contributed by atoms with E-state index in [0.29, 0.717) is 0 Å². The Balaban J connectivity index is 1.32. The zero-order valence-corrected chi connectivity index (χ0v) is 21.8. The molecule has 0 radical (unpaired) electrons. The lowest BCUT2D eigenvalue weighted by molar-refractivity contribution is 0.890. The van der Waals surface area contributed by atoms with E-state index in [0.717, 1.165) is 56.4 Å². The van der Waals surface area contributed by atoms with E-state index in [1.807, 2.05) is 82.2 Å². The van der Waals surface area contributed by atoms with E-state index in [9.17, 15) is 0 Å². The average Bonchev–Trinajstić information content (AvgIpc) is 3.69. The molecule has 7 aromatic rings. The van der Waals surface area contributed by atoms with Crippen LogP contribution in [0.4, 0.5) is 0 Å². The molecule has 40 heavy (non-hydrogen) atoms. The van der Waals surface area contributed by atoms with Gasteiger partial charge < -0.3 is 0 Å². The minimum absolute atomic E-state index is 0.943. The van der Waals surface area contributed by atoms with Gasteiger partial charge in [0.2, 0.25) is 0 Å². The van der Waals surface area contributed by atoms with Gasteiger partial charge in [0, 0.05) is 22.3 Å². The van der Waals surface area contributed by atoms with Crippen molar-refractivity contribution >= 4 is 0 Å². The molecular weight excluding hydrogens is 488 g/mol. The summed E-state index contributed by atoms with van der Waals surface area (Å²) in [6, 6.07) is 54.2. The van der Waals surface area contributed by atoms with E-state index in [1.54, 1.807) is 0 Å². The molecule has 0 aliphatic rings. The standard InChI is InChI=1S/C36H26N4/c1-5-13-27(14-6-1)33-25-35(39(37-33)31-17-9-3-10-18-31)29-21-23-30(24-22-29)36-26-34(28-15-7-2-8-16-28)38-40(36)32-19-11-4-12-20-32/h1-26H. The van der Waals surface area contributed by atoms with E-state index in [2.05, 4.69) is 84.9 Å². The van der Waals surface area contributed by atoms with Crippen LogP contribution in [0, 0.1) is 0 Å². The Morgan fingerprint density at radius 2 is 0.650 bits per heavy atom. The maximum Gasteiger partial charge on any atom is 0.0934 e. The van der Waals surface area contributed by atoms with Gasteiger partial charge in [-0.15, -0.1) is 0 Å². The molecular formula is C36H26N4. The zero-order chi connectivity index (χ0) is 26.7. The Morgan fingerprint density at radius 3 is 1.00 bits per heavy atom. The van der Waals surface area contributed by atoms with Gasteiger partial charge in [-0.2, -0.15) is 10.2 Å². The molecule has 0 saturated heterocycles. The molecule has 0 unspecified atom stereocenters. The number of para-hydroxylation sites is 2. The van der Waals surface area contributed by atoms with Crippen LogP contribution in [0.3, 0.4) is 0 Å². The van der Waals surface area contributed by atoms with E-state index in [4.69, 9.17) is 10.2 Å². The number of hydrogen-bond donors (Lipinski definition) is 0. The van der Waals surface area contributed by atoms with Crippen LogP contribution in [0.5, 0.6) is 0 Å². The Bertz CT molecular complexity index is 1710. The zero-order valence-electron chi connectivity index (χ0n) is 21.8. The van der Waals surface area contributed by atoms with Gasteiger partial charge in [0.15, 0.2) is 0 Å². The summed E-state index contributed by atoms with van der Waals surface area (Å²) in [5.41, 5.74) is 10.4. The van der Waals surface area contributed by atoms with E-state index in [1.165, 1.54) is 0 Å². The first-order chi connectivity index (χ1) is 19.8. The van der Waals surface area contributed by atoms with Crippen LogP contribution in [0.1, 0.15) is 0 Å². The first-order valence-electron chi connectivity index (χ1n) is 13.4. The van der Waals surface area contributed by atoms with E-state index >= 15 is 0 Å². The first kappa shape index (κ1) is 23.6. The molecule has 2 heterocycles. The third-order valence-electron chi connectivity index (χ3n) is 7.04. The molecule has 5 aromatic carbocycles. The summed E-state index contributed by atoms with van der Waals surface area (Å²) in [4.78, 5) is 0. The summed E-state index contributed by atoms with van der Waals surface area (Å²) in [6.45, 7) is 0. The summed E-state index contributed by atoms with van der Waals surface area (Å²) >= 11 is 0. The summed E-state index contributed by atoms with van der Waals surface area (Å²) in [5.74, 6) is 0. The molecule has 4 nitrogen and oxygen atoms in total. The SMILES string of the molecule is c1ccc(-c2cc(-c3ccc(-c4cc(-c5ccccc5)nn4-c4ccccc4)cc3)n(-c3ccccc3)n2)cc1. The molecule has 0 fully saturated rings. The van der Waals surface area contributed by atoms with Crippen molar-refractivity contribution < 1.29 is 0 Å². The highest BCUT2D eigenvalue weighted by atomic mass is 15.3. The summed E-state index contributed by atoms with van der Waals surface area (Å²) in [6.07, 6.45) is 0. The Labute approximate surface area is 233 Å². The summed E-state index contributed by atoms with van der Waals surface area (Å²) in [7, 11) is 0. The molecule has 2 aromatic heterocycles. The van der Waals surface area contributed by atoms with Crippen molar-refractivity contribution in [2.45, 2.75) is 0 Å². The van der Waals surface area contributed by atoms with Crippen LogP contribution in [0.15, 0.2) is 158 Å². The second-order valence-electron chi connectivity index (χ2n) is 9.63. The van der Waals surface area contributed by atoms with Crippen molar-refractivity contribution in [2.24, 2.45) is 0 Å². The molecule has 7 rings (SSSR count). The number of benzene rings is 5. The first-order valence-corrected chi connectivity index (χ1v) is 13.4. The largest absolute Gasteiger partial charge is 0.232 e. The number of aromatic nitrogens is 4. The normalized spacial score (nSPS) is 11.0. The topological polar surface area (TPSA) is 35.6 Å². The molecule has 0 spiro atoms. The van der Waals surface area contributed by atoms with Gasteiger partial charge in [0.1, 0.15) is 0 Å². The fraction of sp³-hybridized carbons (Fsp3) is 0. The van der Waals surface area contributed by atoms with Gasteiger partial charge in [-0.05, 0) is 36.4 Å². The Hall–Kier alpha value is -5.48. The lowest BCUT2D eigenvalue weighted by Gasteiger charge is -2.10. The van der Waals surface area contributed by atoms with Crippen molar-refractivity contribution in [3.63, 3.8) is 0 Å². The fourth-order valence-corrected chi connectivity index (χ4v) is 5.02. The molecule has 0 amide bonds. The minimum atomic E-state index is 0.943. The Morgan fingerprint density at radius 1 is 0.325 bits per heavy atom. The van der Waals surface area contributed by atoms with Crippen LogP contribution in [0.2, 0.25) is 0 Å². The molecule has 0 atom stereocenters. The second kappa shape index (κ2) is 10.4. The van der Waals surface area contributed by atoms with Gasteiger partial charge in [0.25, 0.3) is 0 Å². The number of rotatable bonds is 6. The van der Waals surface area contributed by atoms with Crippen LogP contribution < -0.4 is 0 Å². The third kappa shape index (κ3) is 4.52. The third-order valence-corrected chi connectivity index (χ3v) is 7.04. The highest BCUT2D eigenvalue weighted by Gasteiger charge is 2.16. The van der Waals surface area contributed by atoms with E-state index < -0.39 is 0 Å². The molecule has 4 heteroatoms. The van der Waals surface area contributed by atoms with Gasteiger partial charge in [-0.1, -0.05) is 121 Å². The summed E-state index contributed by atoms with van der Waals surface area (Å²) in [5, 5.41) is 10.0. The molecule has 0 N–H and O–H groups in total. The second-order valence-corrected chi connectivity index (χ2v) is 9.63. The van der Waals surface area contributed by atoms with Crippen molar-refractivity contribution in [1.29, 1.82) is 0 Å². The van der Waals surface area contributed by atoms with Crippen molar-refractivity contribution in [3.05, 3.63) is 158 Å². The number of nitrogens with zero attached hydrogens (tertiary/aromatic N) is 4. The van der Waals surface area contributed by atoms with Gasteiger partial charge >= 0.3 is 0 Å². The smallest absolute Gasteiger partial charge is 0.0934 e. The average molecular weight is 515 g/mol. The van der Waals surface area contributed by atoms with Crippen molar-refractivity contribution in [1.82, 2.24) is 19.6 Å². The van der Waals surface area contributed by atoms with Crippen LogP contribution in [-0.4, -0.2) is 19.6 Å². The quantitative estimate of drug-likeness (QED) is 0.222. The minimum Gasteiger partial charge on any atom is -0.232 e. The summed E-state index contributed by atoms with van der Waals surface area (Å²) < 4.78 is 4.05. The Kier molecular flexibility index (Phi) is 6.11. The van der Waals surface area contributed by atoms with Gasteiger partial charge in [0.05, 0.1) is 34.2 Å². The fourth-order valence-electron chi connectivity index (χ4n) is 5.02. The highest BCUT2D eigenvalue weighted by molar-refractivity contribution is 5.75. The maximum atomic E-state index is 5.00. The highest BCUT2D eigenvalue weighted by Crippen LogP contribution is 2.33. The number of hydrogen-bond acceptors (Lipinski definition) is 2. The van der Waals surface area contributed by atoms with E-state index in [-0.39, 0.29) is 0 Å². The van der Waals surface area contributed by atoms with Crippen LogP contribution in [-0.2, 0) is 0 Å². The van der Waals surface area contributed by atoms with Crippen molar-refractivity contribution in [3.8, 4) is 56.4 Å².